The summed E-state index contributed by atoms with van der Waals surface area (Å²) in [5.41, 5.74) is 0. The summed E-state index contributed by atoms with van der Waals surface area (Å²) in [5.74, 6) is 0. The molecule has 0 radical (unpaired) electrons. The zero-order valence-electron chi connectivity index (χ0n) is 9.42. The molecule has 0 spiro atoms. The van der Waals surface area contributed by atoms with Gasteiger partial charge in [0.05, 0.1) is 15.1 Å². The van der Waals surface area contributed by atoms with E-state index in [1.807, 2.05) is 0 Å². The lowest BCUT2D eigenvalue weighted by molar-refractivity contribution is 0.552. The second-order valence-electron chi connectivity index (χ2n) is 4.30. The van der Waals surface area contributed by atoms with Gasteiger partial charge in [0.2, 0.25) is 10.0 Å². The molecule has 1 aliphatic rings. The molecule has 2 rings (SSSR count). The molecule has 7 heteroatoms. The minimum absolute atomic E-state index is 0.0134. The van der Waals surface area contributed by atoms with Crippen molar-refractivity contribution in [1.82, 2.24) is 4.72 Å². The molecule has 0 unspecified atom stereocenters. The van der Waals surface area contributed by atoms with Crippen molar-refractivity contribution in [2.24, 2.45) is 0 Å². The Morgan fingerprint density at radius 3 is 2.17 bits per heavy atom. The average Bonchev–Trinajstić information content (AvgIpc) is 2.75. The van der Waals surface area contributed by atoms with E-state index in [4.69, 9.17) is 34.8 Å². The number of sulfonamides is 1. The van der Waals surface area contributed by atoms with Crippen molar-refractivity contribution >= 4 is 44.8 Å². The van der Waals surface area contributed by atoms with E-state index in [-0.39, 0.29) is 26.0 Å². The van der Waals surface area contributed by atoms with E-state index in [0.29, 0.717) is 0 Å². The van der Waals surface area contributed by atoms with Gasteiger partial charge in [0, 0.05) is 6.04 Å². The van der Waals surface area contributed by atoms with E-state index in [1.165, 1.54) is 12.1 Å². The summed E-state index contributed by atoms with van der Waals surface area (Å²) in [7, 11) is -3.64. The summed E-state index contributed by atoms with van der Waals surface area (Å²) in [6, 6.07) is 2.61. The highest BCUT2D eigenvalue weighted by molar-refractivity contribution is 7.89. The van der Waals surface area contributed by atoms with Gasteiger partial charge in [0.25, 0.3) is 0 Å². The molecule has 1 fully saturated rings. The lowest BCUT2D eigenvalue weighted by Gasteiger charge is -2.14. The summed E-state index contributed by atoms with van der Waals surface area (Å²) in [4.78, 5) is -0.0227. The van der Waals surface area contributed by atoms with Crippen LogP contribution in [0.15, 0.2) is 17.0 Å². The predicted molar refractivity (Wildman–Crippen MR) is 74.0 cm³/mol. The van der Waals surface area contributed by atoms with Crippen LogP contribution in [-0.2, 0) is 10.0 Å². The van der Waals surface area contributed by atoms with Crippen molar-refractivity contribution < 1.29 is 8.42 Å². The van der Waals surface area contributed by atoms with Crippen LogP contribution in [0, 0.1) is 0 Å². The molecule has 1 aliphatic carbocycles. The maximum Gasteiger partial charge on any atom is 0.242 e. The van der Waals surface area contributed by atoms with Gasteiger partial charge in [-0.25, -0.2) is 13.1 Å². The number of halogens is 3. The monoisotopic (exact) mass is 327 g/mol. The predicted octanol–water partition coefficient (Wildman–Crippen LogP) is 3.87. The van der Waals surface area contributed by atoms with Crippen LogP contribution in [0.1, 0.15) is 25.7 Å². The smallest absolute Gasteiger partial charge is 0.208 e. The molecule has 0 saturated heterocycles. The highest BCUT2D eigenvalue weighted by atomic mass is 35.5. The van der Waals surface area contributed by atoms with Gasteiger partial charge < -0.3 is 0 Å². The van der Waals surface area contributed by atoms with Crippen LogP contribution in [0.2, 0.25) is 15.1 Å². The number of hydrogen-bond acceptors (Lipinski definition) is 2. The Morgan fingerprint density at radius 1 is 1.00 bits per heavy atom. The topological polar surface area (TPSA) is 46.2 Å². The van der Waals surface area contributed by atoms with E-state index < -0.39 is 10.0 Å². The zero-order valence-corrected chi connectivity index (χ0v) is 12.5. The van der Waals surface area contributed by atoms with E-state index in [2.05, 4.69) is 4.72 Å². The molecule has 18 heavy (non-hydrogen) atoms. The van der Waals surface area contributed by atoms with Gasteiger partial charge in [-0.15, -0.1) is 0 Å². The highest BCUT2D eigenvalue weighted by Crippen LogP contribution is 2.32. The van der Waals surface area contributed by atoms with Crippen LogP contribution >= 0.6 is 34.8 Å². The molecule has 1 aromatic carbocycles. The van der Waals surface area contributed by atoms with Crippen molar-refractivity contribution in [1.29, 1.82) is 0 Å². The van der Waals surface area contributed by atoms with Crippen molar-refractivity contribution in [2.75, 3.05) is 0 Å². The van der Waals surface area contributed by atoms with E-state index in [1.54, 1.807) is 0 Å². The lowest BCUT2D eigenvalue weighted by Crippen LogP contribution is -2.32. The Labute approximate surface area is 121 Å². The van der Waals surface area contributed by atoms with Crippen LogP contribution in [0.5, 0.6) is 0 Å². The van der Waals surface area contributed by atoms with Crippen LogP contribution in [0.3, 0.4) is 0 Å². The Hall–Kier alpha value is -0.000000000000000167. The first-order valence-electron chi connectivity index (χ1n) is 5.57. The summed E-state index contributed by atoms with van der Waals surface area (Å²) in [6.07, 6.45) is 3.81. The Balaban J connectivity index is 2.31. The fourth-order valence-corrected chi connectivity index (χ4v) is 4.34. The number of benzene rings is 1. The zero-order chi connectivity index (χ0) is 13.3. The molecule has 1 saturated carbocycles. The minimum Gasteiger partial charge on any atom is -0.208 e. The SMILES string of the molecule is O=S(=O)(NC1CCCC1)c1cc(Cl)c(Cl)cc1Cl. The van der Waals surface area contributed by atoms with Gasteiger partial charge in [-0.1, -0.05) is 47.6 Å². The largest absolute Gasteiger partial charge is 0.242 e. The average molecular weight is 329 g/mol. The van der Waals surface area contributed by atoms with Gasteiger partial charge in [-0.3, -0.25) is 0 Å². The maximum absolute atomic E-state index is 12.2. The molecule has 1 N–H and O–H groups in total. The first kappa shape index (κ1) is 14.4. The summed E-state index contributed by atoms with van der Waals surface area (Å²) in [5, 5.41) is 0.490. The molecule has 1 aromatic rings. The molecule has 100 valence electrons. The Kier molecular flexibility index (Phi) is 4.44. The van der Waals surface area contributed by atoms with Gasteiger partial charge in [-0.05, 0) is 25.0 Å². The molecular weight excluding hydrogens is 317 g/mol. The molecule has 0 amide bonds. The first-order valence-corrected chi connectivity index (χ1v) is 8.19. The molecule has 0 aromatic heterocycles. The van der Waals surface area contributed by atoms with Gasteiger partial charge in [0.15, 0.2) is 0 Å². The van der Waals surface area contributed by atoms with Crippen molar-refractivity contribution in [3.05, 3.63) is 27.2 Å². The van der Waals surface area contributed by atoms with Gasteiger partial charge in [-0.2, -0.15) is 0 Å². The Morgan fingerprint density at radius 2 is 1.56 bits per heavy atom. The van der Waals surface area contributed by atoms with Crippen LogP contribution in [0.4, 0.5) is 0 Å². The fraction of sp³-hybridized carbons (Fsp3) is 0.455. The van der Waals surface area contributed by atoms with Crippen LogP contribution in [0.25, 0.3) is 0 Å². The summed E-state index contributed by atoms with van der Waals surface area (Å²) < 4.78 is 27.0. The maximum atomic E-state index is 12.2. The molecule has 0 atom stereocenters. The van der Waals surface area contributed by atoms with E-state index in [0.717, 1.165) is 25.7 Å². The standard InChI is InChI=1S/C11H12Cl3NO2S/c12-8-5-10(14)11(6-9(8)13)18(16,17)15-7-3-1-2-4-7/h5-7,15H,1-4H2. The quantitative estimate of drug-likeness (QED) is 0.856. The third kappa shape index (κ3) is 3.11. The third-order valence-corrected chi connectivity index (χ3v) is 5.65. The normalized spacial score (nSPS) is 17.3. The first-order chi connectivity index (χ1) is 8.40. The third-order valence-electron chi connectivity index (χ3n) is 2.94. The molecular formula is C11H12Cl3NO2S. The van der Waals surface area contributed by atoms with Crippen LogP contribution in [-0.4, -0.2) is 14.5 Å². The molecule has 0 aliphatic heterocycles. The molecule has 3 nitrogen and oxygen atoms in total. The molecule has 0 bridgehead atoms. The summed E-state index contributed by atoms with van der Waals surface area (Å²) in [6.45, 7) is 0. The summed E-state index contributed by atoms with van der Waals surface area (Å²) >= 11 is 17.5. The lowest BCUT2D eigenvalue weighted by atomic mass is 10.3. The van der Waals surface area contributed by atoms with Crippen molar-refractivity contribution in [2.45, 2.75) is 36.6 Å². The highest BCUT2D eigenvalue weighted by Gasteiger charge is 2.25. The Bertz CT molecular complexity index is 554. The van der Waals surface area contributed by atoms with Gasteiger partial charge in [0.1, 0.15) is 4.90 Å². The van der Waals surface area contributed by atoms with E-state index in [9.17, 15) is 8.42 Å². The van der Waals surface area contributed by atoms with Gasteiger partial charge >= 0.3 is 0 Å². The minimum atomic E-state index is -3.64. The van der Waals surface area contributed by atoms with Crippen molar-refractivity contribution in [3.8, 4) is 0 Å². The fourth-order valence-electron chi connectivity index (χ4n) is 2.04. The molecule has 0 heterocycles. The number of hydrogen-bond donors (Lipinski definition) is 1. The van der Waals surface area contributed by atoms with Crippen LogP contribution < -0.4 is 4.72 Å². The number of nitrogens with one attached hydrogen (secondary N) is 1. The second-order valence-corrected chi connectivity index (χ2v) is 7.20. The van der Waals surface area contributed by atoms with E-state index >= 15 is 0 Å². The second kappa shape index (κ2) is 5.55. The number of rotatable bonds is 3. The van der Waals surface area contributed by atoms with Crippen molar-refractivity contribution in [3.63, 3.8) is 0 Å².